The molecule has 0 radical (unpaired) electrons. The number of anilines is 3. The van der Waals surface area contributed by atoms with Crippen molar-refractivity contribution in [3.63, 3.8) is 0 Å². The molecule has 2 aromatic carbocycles. The SMILES string of the molecule is O=C1Nc2ccccc2C(c2ccccc2)=N[C@@H]1Nc1nnc(-c2cccnc2N2C3CCC2COC3)o1. The monoisotopic (exact) mass is 507 g/mol. The van der Waals surface area contributed by atoms with E-state index >= 15 is 0 Å². The molecule has 2 unspecified atom stereocenters. The number of carbonyl (C=O) groups is 1. The Labute approximate surface area is 218 Å². The van der Waals surface area contributed by atoms with Crippen LogP contribution in [0.25, 0.3) is 11.5 Å². The summed E-state index contributed by atoms with van der Waals surface area (Å²) in [5.74, 6) is 0.812. The Morgan fingerprint density at radius 1 is 0.895 bits per heavy atom. The van der Waals surface area contributed by atoms with Crippen molar-refractivity contribution in [1.29, 1.82) is 0 Å². The second kappa shape index (κ2) is 9.38. The molecule has 2 bridgehead atoms. The van der Waals surface area contributed by atoms with Gasteiger partial charge in [0.1, 0.15) is 5.82 Å². The summed E-state index contributed by atoms with van der Waals surface area (Å²) >= 11 is 0. The third kappa shape index (κ3) is 3.99. The lowest BCUT2D eigenvalue weighted by Crippen LogP contribution is -2.46. The Bertz CT molecular complexity index is 1500. The first-order valence-electron chi connectivity index (χ1n) is 12.7. The highest BCUT2D eigenvalue weighted by Gasteiger charge is 2.39. The Kier molecular flexibility index (Phi) is 5.58. The van der Waals surface area contributed by atoms with Crippen molar-refractivity contribution >= 4 is 29.1 Å². The highest BCUT2D eigenvalue weighted by atomic mass is 16.5. The fourth-order valence-electron chi connectivity index (χ4n) is 5.43. The van der Waals surface area contributed by atoms with Crippen LogP contribution in [0.2, 0.25) is 0 Å². The fraction of sp³-hybridized carbons (Fsp3) is 0.250. The summed E-state index contributed by atoms with van der Waals surface area (Å²) in [6.45, 7) is 1.37. The van der Waals surface area contributed by atoms with Crippen LogP contribution in [0.3, 0.4) is 0 Å². The Hall–Kier alpha value is -4.57. The van der Waals surface area contributed by atoms with E-state index in [9.17, 15) is 4.79 Å². The van der Waals surface area contributed by atoms with Gasteiger partial charge in [0, 0.05) is 17.3 Å². The lowest BCUT2D eigenvalue weighted by molar-refractivity contribution is -0.116. The van der Waals surface area contributed by atoms with Crippen molar-refractivity contribution in [2.75, 3.05) is 28.7 Å². The van der Waals surface area contributed by atoms with Crippen LogP contribution in [0, 0.1) is 0 Å². The predicted octanol–water partition coefficient (Wildman–Crippen LogP) is 3.73. The Morgan fingerprint density at radius 3 is 2.50 bits per heavy atom. The summed E-state index contributed by atoms with van der Waals surface area (Å²) < 4.78 is 11.8. The van der Waals surface area contributed by atoms with Gasteiger partial charge in [-0.1, -0.05) is 53.6 Å². The summed E-state index contributed by atoms with van der Waals surface area (Å²) in [4.78, 5) is 25.0. The summed E-state index contributed by atoms with van der Waals surface area (Å²) in [6.07, 6.45) is 2.93. The number of morpholine rings is 1. The zero-order valence-corrected chi connectivity index (χ0v) is 20.4. The van der Waals surface area contributed by atoms with E-state index in [0.29, 0.717) is 30.5 Å². The van der Waals surface area contributed by atoms with Gasteiger partial charge in [0.15, 0.2) is 0 Å². The normalized spacial score (nSPS) is 22.3. The van der Waals surface area contributed by atoms with Crippen LogP contribution in [-0.4, -0.2) is 58.3 Å². The maximum atomic E-state index is 13.2. The third-order valence-electron chi connectivity index (χ3n) is 7.18. The highest BCUT2D eigenvalue weighted by molar-refractivity contribution is 6.19. The smallest absolute Gasteiger partial charge is 0.317 e. The number of benzodiazepines with no additional fused rings is 1. The first kappa shape index (κ1) is 22.6. The van der Waals surface area contributed by atoms with Crippen LogP contribution < -0.4 is 15.5 Å². The summed E-state index contributed by atoms with van der Waals surface area (Å²) in [6, 6.07) is 21.8. The number of ether oxygens (including phenoxy) is 1. The number of aliphatic imine (C=N–C) groups is 1. The fourth-order valence-corrected chi connectivity index (χ4v) is 5.43. The summed E-state index contributed by atoms with van der Waals surface area (Å²) in [7, 11) is 0. The minimum atomic E-state index is -0.977. The standard InChI is InChI=1S/C28H25N7O3/c36-26-24(31-23(17-7-2-1-3-8-17)20-9-4-5-11-22(20)30-26)32-28-34-33-27(38-28)21-10-6-14-29-25(21)35-18-12-13-19(35)16-37-15-18/h1-11,14,18-19,24H,12-13,15-16H2,(H,30,36)(H,32,34)/t18?,19?,24-/m1/s1. The number of benzene rings is 2. The first-order chi connectivity index (χ1) is 18.7. The minimum absolute atomic E-state index is 0.0991. The maximum absolute atomic E-state index is 13.2. The van der Waals surface area contributed by atoms with Crippen molar-refractivity contribution in [1.82, 2.24) is 15.2 Å². The summed E-state index contributed by atoms with van der Waals surface area (Å²) in [5.41, 5.74) is 3.86. The molecule has 3 atom stereocenters. The molecule has 38 heavy (non-hydrogen) atoms. The molecule has 2 N–H and O–H groups in total. The van der Waals surface area contributed by atoms with Crippen molar-refractivity contribution < 1.29 is 13.9 Å². The highest BCUT2D eigenvalue weighted by Crippen LogP contribution is 2.38. The van der Waals surface area contributed by atoms with Crippen LogP contribution in [0.15, 0.2) is 82.3 Å². The van der Waals surface area contributed by atoms with E-state index in [1.807, 2.05) is 66.7 Å². The molecule has 0 saturated carbocycles. The molecule has 3 aliphatic heterocycles. The quantitative estimate of drug-likeness (QED) is 0.420. The van der Waals surface area contributed by atoms with E-state index in [0.717, 1.165) is 35.3 Å². The molecule has 3 aliphatic rings. The van der Waals surface area contributed by atoms with Gasteiger partial charge in [0.05, 0.1) is 42.3 Å². The van der Waals surface area contributed by atoms with Gasteiger partial charge in [-0.05, 0) is 31.0 Å². The zero-order valence-electron chi connectivity index (χ0n) is 20.4. The van der Waals surface area contributed by atoms with E-state index in [-0.39, 0.29) is 24.0 Å². The molecule has 1 amide bonds. The average molecular weight is 508 g/mol. The number of para-hydroxylation sites is 1. The van der Waals surface area contributed by atoms with Gasteiger partial charge in [-0.25, -0.2) is 9.98 Å². The molecule has 5 heterocycles. The number of hydrogen-bond donors (Lipinski definition) is 2. The Morgan fingerprint density at radius 2 is 1.66 bits per heavy atom. The number of carbonyl (C=O) groups excluding carboxylic acids is 1. The largest absolute Gasteiger partial charge is 0.403 e. The number of rotatable bonds is 5. The third-order valence-corrected chi connectivity index (χ3v) is 7.18. The molecule has 2 aromatic heterocycles. The average Bonchev–Trinajstić information content (AvgIpc) is 3.48. The molecule has 2 fully saturated rings. The van der Waals surface area contributed by atoms with E-state index in [1.54, 1.807) is 6.20 Å². The molecular formula is C28H25N7O3. The lowest BCUT2D eigenvalue weighted by Gasteiger charge is -2.36. The number of nitrogens with one attached hydrogen (secondary N) is 2. The Balaban J connectivity index is 1.21. The van der Waals surface area contributed by atoms with Crippen LogP contribution in [0.5, 0.6) is 0 Å². The molecule has 2 saturated heterocycles. The number of fused-ring (bicyclic) bond motifs is 3. The van der Waals surface area contributed by atoms with Crippen LogP contribution in [0.1, 0.15) is 24.0 Å². The second-order valence-corrected chi connectivity index (χ2v) is 9.54. The lowest BCUT2D eigenvalue weighted by atomic mass is 10.0. The molecule has 4 aromatic rings. The van der Waals surface area contributed by atoms with Gasteiger partial charge in [0.2, 0.25) is 6.17 Å². The van der Waals surface area contributed by atoms with E-state index in [4.69, 9.17) is 14.1 Å². The number of pyridine rings is 1. The molecule has 7 rings (SSSR count). The second-order valence-electron chi connectivity index (χ2n) is 9.54. The van der Waals surface area contributed by atoms with E-state index in [2.05, 4.69) is 30.7 Å². The van der Waals surface area contributed by atoms with Gasteiger partial charge in [0.25, 0.3) is 11.8 Å². The summed E-state index contributed by atoms with van der Waals surface area (Å²) in [5, 5.41) is 14.5. The van der Waals surface area contributed by atoms with Crippen LogP contribution in [0.4, 0.5) is 17.5 Å². The number of aromatic nitrogens is 3. The minimum Gasteiger partial charge on any atom is -0.403 e. The first-order valence-corrected chi connectivity index (χ1v) is 12.7. The van der Waals surface area contributed by atoms with Crippen LogP contribution >= 0.6 is 0 Å². The van der Waals surface area contributed by atoms with Gasteiger partial charge >= 0.3 is 6.01 Å². The molecule has 190 valence electrons. The number of hydrogen-bond acceptors (Lipinski definition) is 9. The van der Waals surface area contributed by atoms with E-state index < -0.39 is 6.17 Å². The molecular weight excluding hydrogens is 482 g/mol. The van der Waals surface area contributed by atoms with Crippen molar-refractivity contribution in [2.45, 2.75) is 31.1 Å². The van der Waals surface area contributed by atoms with Crippen LogP contribution in [-0.2, 0) is 9.53 Å². The van der Waals surface area contributed by atoms with Crippen molar-refractivity contribution in [3.8, 4) is 11.5 Å². The molecule has 10 nitrogen and oxygen atoms in total. The zero-order chi connectivity index (χ0) is 25.5. The molecule has 10 heteroatoms. The molecule has 0 aliphatic carbocycles. The number of nitrogens with zero attached hydrogens (tertiary/aromatic N) is 5. The number of amides is 1. The predicted molar refractivity (Wildman–Crippen MR) is 142 cm³/mol. The van der Waals surface area contributed by atoms with Gasteiger partial charge in [-0.3, -0.25) is 4.79 Å². The maximum Gasteiger partial charge on any atom is 0.317 e. The van der Waals surface area contributed by atoms with E-state index in [1.165, 1.54) is 0 Å². The molecule has 0 spiro atoms. The van der Waals surface area contributed by atoms with Crippen molar-refractivity contribution in [3.05, 3.63) is 84.1 Å². The van der Waals surface area contributed by atoms with Gasteiger partial charge in [-0.2, -0.15) is 0 Å². The topological polar surface area (TPSA) is 118 Å². The van der Waals surface area contributed by atoms with Gasteiger partial charge < -0.3 is 24.7 Å². The van der Waals surface area contributed by atoms with Gasteiger partial charge in [-0.15, -0.1) is 5.10 Å². The van der Waals surface area contributed by atoms with Crippen molar-refractivity contribution in [2.24, 2.45) is 4.99 Å².